The van der Waals surface area contributed by atoms with Gasteiger partial charge in [-0.3, -0.25) is 0 Å². The molecule has 0 aliphatic rings. The molecule has 0 heterocycles. The van der Waals surface area contributed by atoms with E-state index in [-0.39, 0.29) is 5.44 Å². The fraction of sp³-hybridized carbons (Fsp3) is 0.917. The lowest BCUT2D eigenvalue weighted by Gasteiger charge is -2.14. The first-order valence-electron chi connectivity index (χ1n) is 6.25. The van der Waals surface area contributed by atoms with Gasteiger partial charge in [0.25, 0.3) is 0 Å². The molecule has 0 bridgehead atoms. The Morgan fingerprint density at radius 2 is 1.82 bits per heavy atom. The maximum atomic E-state index is 10.4. The van der Waals surface area contributed by atoms with Gasteiger partial charge < -0.3 is 14.9 Å². The van der Waals surface area contributed by atoms with Gasteiger partial charge in [-0.1, -0.05) is 50.8 Å². The van der Waals surface area contributed by atoms with Gasteiger partial charge in [0.1, 0.15) is 5.44 Å². The van der Waals surface area contributed by atoms with Gasteiger partial charge in [-0.15, -0.1) is 0 Å². The molecule has 102 valence electrons. The van der Waals surface area contributed by atoms with Crippen LogP contribution in [0.15, 0.2) is 0 Å². The zero-order chi connectivity index (χ0) is 13.1. The molecule has 5 heteroatoms. The molecule has 2 atom stereocenters. The molecule has 0 aromatic carbocycles. The molecule has 0 radical (unpaired) electrons. The first kappa shape index (κ1) is 16.7. The van der Waals surface area contributed by atoms with Crippen molar-refractivity contribution >= 4 is 17.7 Å². The molecule has 0 fully saturated rings. The molecular formula is C12H24O4S. The average molecular weight is 264 g/mol. The van der Waals surface area contributed by atoms with Gasteiger partial charge in [0.15, 0.2) is 5.44 Å². The number of hydrogen-bond acceptors (Lipinski definition) is 4. The Balaban J connectivity index is 3.33. The third kappa shape index (κ3) is 10.6. The summed E-state index contributed by atoms with van der Waals surface area (Å²) in [5.74, 6) is -1.22. The molecule has 0 saturated heterocycles. The highest BCUT2D eigenvalue weighted by atomic mass is 32.2. The molecule has 0 rings (SSSR count). The Morgan fingerprint density at radius 1 is 1.24 bits per heavy atom. The molecule has 17 heavy (non-hydrogen) atoms. The Bertz CT molecular complexity index is 199. The second-order valence-electron chi connectivity index (χ2n) is 4.03. The Labute approximate surface area is 108 Å². The number of carbonyl (C=O) groups is 1. The topological polar surface area (TPSA) is 66.8 Å². The maximum Gasteiger partial charge on any atom is 0.343 e. The van der Waals surface area contributed by atoms with Crippen molar-refractivity contribution in [3.63, 3.8) is 0 Å². The van der Waals surface area contributed by atoms with Crippen LogP contribution in [0.5, 0.6) is 0 Å². The number of aliphatic hydroxyl groups is 1. The standard InChI is InChI=1S/C12H24O4S/c1-3-4-5-6-7-8-9-16-10(2)17-12(15)11(13)14/h10,12,15H,3-9H2,1-2H3,(H,13,14). The summed E-state index contributed by atoms with van der Waals surface area (Å²) >= 11 is 0.913. The Morgan fingerprint density at radius 3 is 2.41 bits per heavy atom. The highest BCUT2D eigenvalue weighted by Crippen LogP contribution is 2.17. The summed E-state index contributed by atoms with van der Waals surface area (Å²) in [6.45, 7) is 4.58. The Hall–Kier alpha value is -0.260. The van der Waals surface area contributed by atoms with Crippen LogP contribution in [0.25, 0.3) is 0 Å². The number of hydrogen-bond donors (Lipinski definition) is 2. The summed E-state index contributed by atoms with van der Waals surface area (Å²) in [7, 11) is 0. The fourth-order valence-corrected chi connectivity index (χ4v) is 2.06. The third-order valence-electron chi connectivity index (χ3n) is 2.38. The van der Waals surface area contributed by atoms with E-state index in [1.54, 1.807) is 6.92 Å². The highest BCUT2D eigenvalue weighted by Gasteiger charge is 2.17. The smallest absolute Gasteiger partial charge is 0.343 e. The van der Waals surface area contributed by atoms with Crippen molar-refractivity contribution in [2.45, 2.75) is 63.2 Å². The molecule has 0 spiro atoms. The number of aliphatic hydroxyl groups excluding tert-OH is 1. The summed E-state index contributed by atoms with van der Waals surface area (Å²) < 4.78 is 5.41. The monoisotopic (exact) mass is 264 g/mol. The van der Waals surface area contributed by atoms with E-state index in [1.165, 1.54) is 25.7 Å². The predicted octanol–water partition coefficient (Wildman–Crippen LogP) is 2.85. The van der Waals surface area contributed by atoms with Crippen LogP contribution >= 0.6 is 11.8 Å². The number of carboxylic acids is 1. The average Bonchev–Trinajstić information content (AvgIpc) is 2.27. The van der Waals surface area contributed by atoms with Crippen molar-refractivity contribution in [1.82, 2.24) is 0 Å². The van der Waals surface area contributed by atoms with E-state index >= 15 is 0 Å². The molecule has 0 amide bonds. The molecule has 0 aromatic rings. The second-order valence-corrected chi connectivity index (χ2v) is 5.42. The number of ether oxygens (including phenoxy) is 1. The largest absolute Gasteiger partial charge is 0.479 e. The molecule has 0 aromatic heterocycles. The van der Waals surface area contributed by atoms with Crippen LogP contribution in [0.1, 0.15) is 52.4 Å². The molecule has 0 aliphatic carbocycles. The fourth-order valence-electron chi connectivity index (χ4n) is 1.41. The summed E-state index contributed by atoms with van der Waals surface area (Å²) in [5.41, 5.74) is -1.67. The lowest BCUT2D eigenvalue weighted by molar-refractivity contribution is -0.142. The van der Waals surface area contributed by atoms with Crippen molar-refractivity contribution in [1.29, 1.82) is 0 Å². The van der Waals surface area contributed by atoms with Crippen LogP contribution in [0.2, 0.25) is 0 Å². The van der Waals surface area contributed by atoms with Crippen LogP contribution in [0.3, 0.4) is 0 Å². The first-order valence-corrected chi connectivity index (χ1v) is 7.20. The number of unbranched alkanes of at least 4 members (excludes halogenated alkanes) is 5. The van der Waals surface area contributed by atoms with E-state index in [0.29, 0.717) is 6.61 Å². The SMILES string of the molecule is CCCCCCCCOC(C)SC(O)C(=O)O. The lowest BCUT2D eigenvalue weighted by atomic mass is 10.1. The van der Waals surface area contributed by atoms with Gasteiger partial charge in [0, 0.05) is 6.61 Å². The van der Waals surface area contributed by atoms with Crippen molar-refractivity contribution < 1.29 is 19.7 Å². The van der Waals surface area contributed by atoms with Crippen molar-refractivity contribution in [3.8, 4) is 0 Å². The van der Waals surface area contributed by atoms with Crippen molar-refractivity contribution in [2.24, 2.45) is 0 Å². The minimum absolute atomic E-state index is 0.281. The number of rotatable bonds is 11. The van der Waals surface area contributed by atoms with Crippen LogP contribution in [0.4, 0.5) is 0 Å². The quantitative estimate of drug-likeness (QED) is 0.444. The molecule has 0 saturated carbocycles. The van der Waals surface area contributed by atoms with E-state index in [9.17, 15) is 4.79 Å². The van der Waals surface area contributed by atoms with E-state index in [2.05, 4.69) is 6.92 Å². The summed E-state index contributed by atoms with van der Waals surface area (Å²) in [6, 6.07) is 0. The summed E-state index contributed by atoms with van der Waals surface area (Å²) in [6.07, 6.45) is 7.20. The van der Waals surface area contributed by atoms with E-state index in [4.69, 9.17) is 14.9 Å². The van der Waals surface area contributed by atoms with Crippen molar-refractivity contribution in [2.75, 3.05) is 6.61 Å². The van der Waals surface area contributed by atoms with Crippen LogP contribution in [-0.4, -0.2) is 33.7 Å². The minimum atomic E-state index is -1.39. The maximum absolute atomic E-state index is 10.4. The molecule has 2 N–H and O–H groups in total. The minimum Gasteiger partial charge on any atom is -0.479 e. The van der Waals surface area contributed by atoms with Gasteiger partial charge in [0.2, 0.25) is 0 Å². The highest BCUT2D eigenvalue weighted by molar-refractivity contribution is 8.00. The second kappa shape index (κ2) is 10.9. The third-order valence-corrected chi connectivity index (χ3v) is 3.36. The normalized spacial score (nSPS) is 14.5. The van der Waals surface area contributed by atoms with Crippen LogP contribution in [-0.2, 0) is 9.53 Å². The number of aliphatic carboxylic acids is 1. The molecule has 0 aliphatic heterocycles. The van der Waals surface area contributed by atoms with Gasteiger partial charge in [-0.25, -0.2) is 4.79 Å². The van der Waals surface area contributed by atoms with E-state index in [1.807, 2.05) is 0 Å². The van der Waals surface area contributed by atoms with Gasteiger partial charge in [-0.2, -0.15) is 0 Å². The molecular weight excluding hydrogens is 240 g/mol. The Kier molecular flexibility index (Phi) is 10.7. The van der Waals surface area contributed by atoms with Gasteiger partial charge in [-0.05, 0) is 13.3 Å². The first-order chi connectivity index (χ1) is 8.07. The zero-order valence-corrected chi connectivity index (χ0v) is 11.5. The molecule has 2 unspecified atom stereocenters. The van der Waals surface area contributed by atoms with Crippen LogP contribution < -0.4 is 0 Å². The van der Waals surface area contributed by atoms with E-state index in [0.717, 1.165) is 24.6 Å². The number of thioether (sulfide) groups is 1. The number of carboxylic acid groups (broad SMARTS) is 1. The zero-order valence-electron chi connectivity index (χ0n) is 10.7. The summed E-state index contributed by atoms with van der Waals surface area (Å²) in [5, 5.41) is 17.6. The van der Waals surface area contributed by atoms with Gasteiger partial charge in [0.05, 0.1) is 0 Å². The van der Waals surface area contributed by atoms with Crippen molar-refractivity contribution in [3.05, 3.63) is 0 Å². The lowest BCUT2D eigenvalue weighted by Crippen LogP contribution is -2.19. The summed E-state index contributed by atoms with van der Waals surface area (Å²) in [4.78, 5) is 10.4. The predicted molar refractivity (Wildman–Crippen MR) is 70.0 cm³/mol. The molecule has 4 nitrogen and oxygen atoms in total. The van der Waals surface area contributed by atoms with Crippen LogP contribution in [0, 0.1) is 0 Å². The van der Waals surface area contributed by atoms with Gasteiger partial charge >= 0.3 is 5.97 Å². The van der Waals surface area contributed by atoms with E-state index < -0.39 is 11.4 Å².